The number of hydrogen-bond acceptors (Lipinski definition) is 6. The van der Waals surface area contributed by atoms with Gasteiger partial charge in [-0.15, -0.1) is 0 Å². The number of rotatable bonds is 4. The molecule has 6 heteroatoms. The van der Waals surface area contributed by atoms with E-state index in [0.717, 1.165) is 18.9 Å². The summed E-state index contributed by atoms with van der Waals surface area (Å²) >= 11 is 0. The number of nitrogens with zero attached hydrogens (tertiary/aromatic N) is 3. The van der Waals surface area contributed by atoms with E-state index in [1.807, 2.05) is 6.07 Å². The van der Waals surface area contributed by atoms with E-state index in [4.69, 9.17) is 10.6 Å². The van der Waals surface area contributed by atoms with E-state index in [-0.39, 0.29) is 0 Å². The third kappa shape index (κ3) is 3.80. The Morgan fingerprint density at radius 2 is 2.15 bits per heavy atom. The van der Waals surface area contributed by atoms with Crippen LogP contribution in [0.15, 0.2) is 6.07 Å². The van der Waals surface area contributed by atoms with Gasteiger partial charge in [0.1, 0.15) is 18.2 Å². The highest BCUT2D eigenvalue weighted by Gasteiger charge is 2.24. The Kier molecular flexibility index (Phi) is 4.77. The van der Waals surface area contributed by atoms with Gasteiger partial charge >= 0.3 is 0 Å². The van der Waals surface area contributed by atoms with E-state index in [1.54, 1.807) is 7.11 Å². The second kappa shape index (κ2) is 6.37. The van der Waals surface area contributed by atoms with Crippen molar-refractivity contribution in [3.63, 3.8) is 0 Å². The Hall–Kier alpha value is -1.40. The molecule has 2 heterocycles. The fourth-order valence-corrected chi connectivity index (χ4v) is 2.56. The van der Waals surface area contributed by atoms with Crippen LogP contribution >= 0.6 is 0 Å². The van der Waals surface area contributed by atoms with Crippen LogP contribution in [-0.4, -0.2) is 30.2 Å². The van der Waals surface area contributed by atoms with Gasteiger partial charge in [-0.05, 0) is 24.7 Å². The van der Waals surface area contributed by atoms with Crippen LogP contribution in [0.1, 0.15) is 38.9 Å². The third-order valence-corrected chi connectivity index (χ3v) is 3.84. The second-order valence-corrected chi connectivity index (χ2v) is 6.11. The number of hydrogen-bond donors (Lipinski definition) is 2. The highest BCUT2D eigenvalue weighted by atomic mass is 16.5. The lowest BCUT2D eigenvalue weighted by atomic mass is 9.85. The van der Waals surface area contributed by atoms with E-state index < -0.39 is 0 Å². The fourth-order valence-electron chi connectivity index (χ4n) is 2.56. The van der Waals surface area contributed by atoms with Gasteiger partial charge in [-0.3, -0.25) is 0 Å². The van der Waals surface area contributed by atoms with E-state index in [9.17, 15) is 0 Å². The van der Waals surface area contributed by atoms with Crippen LogP contribution in [0.3, 0.4) is 0 Å². The van der Waals surface area contributed by atoms with Gasteiger partial charge in [0.25, 0.3) is 0 Å². The summed E-state index contributed by atoms with van der Waals surface area (Å²) in [5.41, 5.74) is 3.01. The van der Waals surface area contributed by atoms with Crippen LogP contribution in [-0.2, 0) is 11.3 Å². The Bertz CT molecular complexity index is 449. The average molecular weight is 279 g/mol. The number of nitrogen functional groups attached to an aromatic ring is 1. The molecule has 1 aliphatic rings. The number of methoxy groups -OCH3 is 1. The second-order valence-electron chi connectivity index (χ2n) is 6.11. The molecular weight excluding hydrogens is 254 g/mol. The van der Waals surface area contributed by atoms with Crippen molar-refractivity contribution in [3.8, 4) is 0 Å². The summed E-state index contributed by atoms with van der Waals surface area (Å²) in [6.07, 6.45) is 3.60. The molecule has 0 amide bonds. The zero-order chi connectivity index (χ0) is 14.6. The van der Waals surface area contributed by atoms with Gasteiger partial charge < -0.3 is 15.1 Å². The van der Waals surface area contributed by atoms with Crippen molar-refractivity contribution in [1.82, 2.24) is 9.97 Å². The molecule has 2 rings (SSSR count). The molecule has 1 aliphatic heterocycles. The number of ether oxygens (including phenoxy) is 1. The molecule has 0 aliphatic carbocycles. The lowest BCUT2D eigenvalue weighted by Crippen LogP contribution is -2.27. The molecule has 1 saturated heterocycles. The summed E-state index contributed by atoms with van der Waals surface area (Å²) in [7, 11) is 1.64. The van der Waals surface area contributed by atoms with Gasteiger partial charge in [-0.25, -0.2) is 15.8 Å². The molecule has 1 fully saturated rings. The quantitative estimate of drug-likeness (QED) is 0.648. The number of anilines is 2. The summed E-state index contributed by atoms with van der Waals surface area (Å²) in [4.78, 5) is 11.2. The van der Waals surface area contributed by atoms with Crippen molar-refractivity contribution in [1.29, 1.82) is 0 Å². The normalized spacial score (nSPS) is 18.7. The molecule has 0 saturated carbocycles. The number of nitrogens with one attached hydrogen (secondary N) is 1. The largest absolute Gasteiger partial charge is 0.377 e. The summed E-state index contributed by atoms with van der Waals surface area (Å²) in [6.45, 7) is 7.10. The standard InChI is InChI=1S/C14H25N5O/c1-14(2)5-4-7-19(8-6-14)13-9-11(18-15)16-12(17-13)10-20-3/h9H,4-8,10,15H2,1-3H3,(H,16,17,18). The Labute approximate surface area is 120 Å². The molecule has 1 aromatic rings. The van der Waals surface area contributed by atoms with E-state index in [2.05, 4.69) is 34.1 Å². The molecule has 3 N–H and O–H groups in total. The van der Waals surface area contributed by atoms with Crippen LogP contribution in [0.25, 0.3) is 0 Å². The van der Waals surface area contributed by atoms with Crippen molar-refractivity contribution in [3.05, 3.63) is 11.9 Å². The molecule has 112 valence electrons. The summed E-state index contributed by atoms with van der Waals surface area (Å²) in [5, 5.41) is 0. The third-order valence-electron chi connectivity index (χ3n) is 3.84. The first-order chi connectivity index (χ1) is 9.54. The number of nitrogens with two attached hydrogens (primary N) is 1. The lowest BCUT2D eigenvalue weighted by molar-refractivity contribution is 0.178. The Morgan fingerprint density at radius 3 is 2.85 bits per heavy atom. The average Bonchev–Trinajstić information content (AvgIpc) is 2.59. The van der Waals surface area contributed by atoms with Crippen molar-refractivity contribution in [2.24, 2.45) is 11.3 Å². The molecule has 6 nitrogen and oxygen atoms in total. The van der Waals surface area contributed by atoms with Gasteiger partial charge in [-0.1, -0.05) is 13.8 Å². The van der Waals surface area contributed by atoms with Crippen LogP contribution < -0.4 is 16.2 Å². The minimum absolute atomic E-state index is 0.391. The lowest BCUT2D eigenvalue weighted by Gasteiger charge is -2.24. The minimum Gasteiger partial charge on any atom is -0.377 e. The molecule has 1 aromatic heterocycles. The summed E-state index contributed by atoms with van der Waals surface area (Å²) in [5.74, 6) is 7.70. The first-order valence-corrected chi connectivity index (χ1v) is 7.12. The number of aromatic nitrogens is 2. The summed E-state index contributed by atoms with van der Waals surface area (Å²) in [6, 6.07) is 1.90. The predicted octanol–water partition coefficient (Wildman–Crippen LogP) is 1.93. The molecule has 20 heavy (non-hydrogen) atoms. The zero-order valence-electron chi connectivity index (χ0n) is 12.6. The van der Waals surface area contributed by atoms with Gasteiger partial charge in [0, 0.05) is 26.3 Å². The Balaban J connectivity index is 2.20. The topological polar surface area (TPSA) is 76.3 Å². The maximum atomic E-state index is 5.49. The van der Waals surface area contributed by atoms with Crippen LogP contribution in [0.2, 0.25) is 0 Å². The predicted molar refractivity (Wildman–Crippen MR) is 80.4 cm³/mol. The van der Waals surface area contributed by atoms with Gasteiger partial charge in [0.05, 0.1) is 0 Å². The number of hydrazine groups is 1. The molecule has 0 radical (unpaired) electrons. The van der Waals surface area contributed by atoms with E-state index >= 15 is 0 Å². The minimum atomic E-state index is 0.391. The molecule has 0 aromatic carbocycles. The maximum Gasteiger partial charge on any atom is 0.158 e. The molecular formula is C14H25N5O. The SMILES string of the molecule is COCc1nc(NN)cc(N2CCCC(C)(C)CC2)n1. The van der Waals surface area contributed by atoms with Gasteiger partial charge in [0.2, 0.25) is 0 Å². The first kappa shape index (κ1) is 15.0. The van der Waals surface area contributed by atoms with E-state index in [0.29, 0.717) is 23.7 Å². The smallest absolute Gasteiger partial charge is 0.158 e. The van der Waals surface area contributed by atoms with Crippen molar-refractivity contribution in [2.45, 2.75) is 39.7 Å². The van der Waals surface area contributed by atoms with Crippen LogP contribution in [0.5, 0.6) is 0 Å². The van der Waals surface area contributed by atoms with Gasteiger partial charge in [0.15, 0.2) is 5.82 Å². The molecule has 0 atom stereocenters. The first-order valence-electron chi connectivity index (χ1n) is 7.12. The van der Waals surface area contributed by atoms with Crippen LogP contribution in [0, 0.1) is 5.41 Å². The van der Waals surface area contributed by atoms with Crippen molar-refractivity contribution >= 4 is 11.6 Å². The van der Waals surface area contributed by atoms with E-state index in [1.165, 1.54) is 19.3 Å². The summed E-state index contributed by atoms with van der Waals surface area (Å²) < 4.78 is 5.12. The van der Waals surface area contributed by atoms with Crippen molar-refractivity contribution < 1.29 is 4.74 Å². The van der Waals surface area contributed by atoms with Crippen molar-refractivity contribution in [2.75, 3.05) is 30.5 Å². The highest BCUT2D eigenvalue weighted by molar-refractivity contribution is 5.49. The Morgan fingerprint density at radius 1 is 1.35 bits per heavy atom. The molecule has 0 bridgehead atoms. The molecule has 0 unspecified atom stereocenters. The highest BCUT2D eigenvalue weighted by Crippen LogP contribution is 2.31. The van der Waals surface area contributed by atoms with Crippen LogP contribution in [0.4, 0.5) is 11.6 Å². The maximum absolute atomic E-state index is 5.49. The van der Waals surface area contributed by atoms with Gasteiger partial charge in [-0.2, -0.15) is 0 Å². The fraction of sp³-hybridized carbons (Fsp3) is 0.714. The monoisotopic (exact) mass is 279 g/mol. The molecule has 0 spiro atoms. The zero-order valence-corrected chi connectivity index (χ0v) is 12.6.